The zero-order chi connectivity index (χ0) is 30.3. The van der Waals surface area contributed by atoms with Crippen LogP contribution in [0.15, 0.2) is 36.4 Å². The van der Waals surface area contributed by atoms with E-state index in [4.69, 9.17) is 9.47 Å². The fourth-order valence-electron chi connectivity index (χ4n) is 4.18. The molecule has 1 saturated heterocycles. The average molecular weight is 588 g/mol. The number of carbonyl (C=O) groups excluding carboxylic acids is 4. The molecule has 0 radical (unpaired) electrons. The molecule has 2 aromatic carbocycles. The smallest absolute Gasteiger partial charge is 0.328 e. The van der Waals surface area contributed by atoms with Crippen molar-refractivity contribution >= 4 is 46.5 Å². The van der Waals surface area contributed by atoms with E-state index in [1.165, 1.54) is 12.0 Å². The van der Waals surface area contributed by atoms with Crippen LogP contribution in [0.4, 0.5) is 16.2 Å². The first-order valence-corrected chi connectivity index (χ1v) is 14.1. The fourth-order valence-corrected chi connectivity index (χ4v) is 4.58. The molecule has 0 bridgehead atoms. The van der Waals surface area contributed by atoms with Crippen molar-refractivity contribution < 1.29 is 37.4 Å². The third-order valence-electron chi connectivity index (χ3n) is 6.30. The van der Waals surface area contributed by atoms with Crippen molar-refractivity contribution in [2.45, 2.75) is 58.9 Å². The standard InChI is InChI=1S/C28H36N4O8S/c1-6-7-24(34)40-17-31(41(37)38)16-18-8-10-19(11-9-18)29-26(35)21-14-20(32-13-12-23(33)30-27(32)36)15-22(25(21)39-5)28(2,3)4/h8-11,14-15H,6-7,12-13,16-17H2,1-5H3,(H,29,35)(H,37,38)(H,30,33,36)/p-1. The molecule has 0 spiro atoms. The topological polar surface area (TPSA) is 157 Å². The Kier molecular flexibility index (Phi) is 10.6. The van der Waals surface area contributed by atoms with Crippen LogP contribution in [0, 0.1) is 0 Å². The Morgan fingerprint density at radius 2 is 1.85 bits per heavy atom. The fraction of sp³-hybridized carbons (Fsp3) is 0.429. The minimum Gasteiger partial charge on any atom is -0.759 e. The predicted octanol–water partition coefficient (Wildman–Crippen LogP) is 3.59. The molecule has 1 aliphatic rings. The van der Waals surface area contributed by atoms with Gasteiger partial charge in [0.2, 0.25) is 5.91 Å². The molecule has 41 heavy (non-hydrogen) atoms. The third kappa shape index (κ3) is 8.35. The quantitative estimate of drug-likeness (QED) is 0.229. The Morgan fingerprint density at radius 1 is 1.17 bits per heavy atom. The first-order chi connectivity index (χ1) is 19.3. The Labute approximate surface area is 241 Å². The second-order valence-electron chi connectivity index (χ2n) is 10.5. The van der Waals surface area contributed by atoms with Gasteiger partial charge in [-0.2, -0.15) is 4.31 Å². The Balaban J connectivity index is 1.83. The summed E-state index contributed by atoms with van der Waals surface area (Å²) in [6.45, 7) is 7.43. The maximum Gasteiger partial charge on any atom is 0.328 e. The second-order valence-corrected chi connectivity index (χ2v) is 11.4. The number of imide groups is 1. The lowest BCUT2D eigenvalue weighted by molar-refractivity contribution is -0.146. The molecular weight excluding hydrogens is 552 g/mol. The van der Waals surface area contributed by atoms with Crippen LogP contribution in [0.1, 0.15) is 68.4 Å². The largest absolute Gasteiger partial charge is 0.759 e. The molecule has 222 valence electrons. The summed E-state index contributed by atoms with van der Waals surface area (Å²) in [4.78, 5) is 50.7. The molecule has 1 aliphatic heterocycles. The van der Waals surface area contributed by atoms with Crippen LogP contribution in [-0.4, -0.2) is 57.3 Å². The van der Waals surface area contributed by atoms with Crippen molar-refractivity contribution in [3.8, 4) is 5.75 Å². The number of anilines is 2. The van der Waals surface area contributed by atoms with Crippen molar-refractivity contribution in [3.05, 3.63) is 53.1 Å². The van der Waals surface area contributed by atoms with Gasteiger partial charge < -0.3 is 19.3 Å². The number of hydrogen-bond acceptors (Lipinski definition) is 8. The van der Waals surface area contributed by atoms with Crippen LogP contribution in [0.2, 0.25) is 0 Å². The van der Waals surface area contributed by atoms with Crippen LogP contribution in [0.25, 0.3) is 0 Å². The van der Waals surface area contributed by atoms with Crippen LogP contribution >= 0.6 is 0 Å². The van der Waals surface area contributed by atoms with Crippen molar-refractivity contribution in [1.82, 2.24) is 9.62 Å². The van der Waals surface area contributed by atoms with Gasteiger partial charge in [0.15, 0.2) is 6.73 Å². The van der Waals surface area contributed by atoms with E-state index in [1.54, 1.807) is 36.4 Å². The maximum absolute atomic E-state index is 13.5. The predicted molar refractivity (Wildman–Crippen MR) is 152 cm³/mol. The molecule has 2 N–H and O–H groups in total. The highest BCUT2D eigenvalue weighted by molar-refractivity contribution is 7.76. The van der Waals surface area contributed by atoms with Crippen molar-refractivity contribution in [3.63, 3.8) is 0 Å². The lowest BCUT2D eigenvalue weighted by atomic mass is 9.84. The van der Waals surface area contributed by atoms with Gasteiger partial charge in [-0.25, -0.2) is 4.79 Å². The van der Waals surface area contributed by atoms with E-state index >= 15 is 0 Å². The van der Waals surface area contributed by atoms with E-state index in [2.05, 4.69) is 10.6 Å². The molecule has 0 aliphatic carbocycles. The highest BCUT2D eigenvalue weighted by Crippen LogP contribution is 2.38. The van der Waals surface area contributed by atoms with E-state index in [-0.39, 0.29) is 37.4 Å². The van der Waals surface area contributed by atoms with E-state index < -0.39 is 41.3 Å². The van der Waals surface area contributed by atoms with Crippen molar-refractivity contribution in [1.29, 1.82) is 0 Å². The number of carbonyl (C=O) groups is 4. The number of methoxy groups -OCH3 is 1. The molecule has 0 saturated carbocycles. The lowest BCUT2D eigenvalue weighted by Gasteiger charge is -2.30. The molecule has 2 aromatic rings. The average Bonchev–Trinajstić information content (AvgIpc) is 2.90. The lowest BCUT2D eigenvalue weighted by Crippen LogP contribution is -2.49. The molecule has 1 heterocycles. The van der Waals surface area contributed by atoms with Gasteiger partial charge in [-0.05, 0) is 41.7 Å². The Bertz CT molecular complexity index is 1320. The first kappa shape index (κ1) is 31.7. The maximum atomic E-state index is 13.5. The third-order valence-corrected chi connectivity index (χ3v) is 6.96. The molecule has 0 aromatic heterocycles. The highest BCUT2D eigenvalue weighted by Gasteiger charge is 2.30. The summed E-state index contributed by atoms with van der Waals surface area (Å²) >= 11 is -2.61. The van der Waals surface area contributed by atoms with Gasteiger partial charge in [-0.3, -0.25) is 28.8 Å². The van der Waals surface area contributed by atoms with Crippen molar-refractivity contribution in [2.24, 2.45) is 0 Å². The molecule has 4 amide bonds. The number of esters is 1. The number of benzene rings is 2. The highest BCUT2D eigenvalue weighted by atomic mass is 32.2. The summed E-state index contributed by atoms with van der Waals surface area (Å²) in [6, 6.07) is 9.29. The normalized spacial score (nSPS) is 14.5. The van der Waals surface area contributed by atoms with Gasteiger partial charge in [0, 0.05) is 54.1 Å². The van der Waals surface area contributed by atoms with Gasteiger partial charge in [0.05, 0.1) is 12.7 Å². The Hall–Kier alpha value is -3.81. The Morgan fingerprint density at radius 3 is 2.41 bits per heavy atom. The van der Waals surface area contributed by atoms with Crippen LogP contribution in [-0.2, 0) is 37.6 Å². The number of rotatable bonds is 11. The van der Waals surface area contributed by atoms with Crippen LogP contribution in [0.5, 0.6) is 5.75 Å². The van der Waals surface area contributed by atoms with Gasteiger partial charge in [0.25, 0.3) is 5.91 Å². The summed E-state index contributed by atoms with van der Waals surface area (Å²) in [5, 5.41) is 5.12. The summed E-state index contributed by atoms with van der Waals surface area (Å²) in [5.74, 6) is -0.973. The minimum atomic E-state index is -2.61. The van der Waals surface area contributed by atoms with Crippen LogP contribution in [0.3, 0.4) is 0 Å². The molecule has 1 fully saturated rings. The number of urea groups is 1. The zero-order valence-corrected chi connectivity index (χ0v) is 24.6. The molecule has 1 atom stereocenters. The molecule has 3 rings (SSSR count). The number of amides is 4. The monoisotopic (exact) mass is 587 g/mol. The minimum absolute atomic E-state index is 0.0328. The second kappa shape index (κ2) is 13.7. The van der Waals surface area contributed by atoms with E-state index in [0.29, 0.717) is 34.7 Å². The first-order valence-electron chi connectivity index (χ1n) is 13.1. The molecule has 1 unspecified atom stereocenters. The number of ether oxygens (including phenoxy) is 2. The van der Waals surface area contributed by atoms with Gasteiger partial charge in [-0.1, -0.05) is 39.8 Å². The summed E-state index contributed by atoms with van der Waals surface area (Å²) < 4.78 is 34.8. The molecule has 13 heteroatoms. The van der Waals surface area contributed by atoms with E-state index in [1.807, 2.05) is 27.7 Å². The SMILES string of the molecule is CCCC(=O)OCN(Cc1ccc(NC(=O)c2cc(N3CCC(=O)NC3=O)cc(C(C)(C)C)c2OC)cc1)S(=O)[O-]. The van der Waals surface area contributed by atoms with Gasteiger partial charge >= 0.3 is 12.0 Å². The zero-order valence-electron chi connectivity index (χ0n) is 23.8. The number of nitrogens with one attached hydrogen (secondary N) is 2. The summed E-state index contributed by atoms with van der Waals surface area (Å²) in [6.07, 6.45) is 0.924. The van der Waals surface area contributed by atoms with Gasteiger partial charge in [-0.15, -0.1) is 0 Å². The number of nitrogens with zero attached hydrogens (tertiary/aromatic N) is 2. The van der Waals surface area contributed by atoms with Gasteiger partial charge in [0.1, 0.15) is 5.75 Å². The molecular formula is C28H35N4O8S-. The van der Waals surface area contributed by atoms with E-state index in [0.717, 1.165) is 4.31 Å². The van der Waals surface area contributed by atoms with Crippen LogP contribution < -0.4 is 20.3 Å². The number of hydrogen-bond donors (Lipinski definition) is 2. The van der Waals surface area contributed by atoms with E-state index in [9.17, 15) is 27.9 Å². The summed E-state index contributed by atoms with van der Waals surface area (Å²) in [5.41, 5.74) is 1.96. The molecule has 12 nitrogen and oxygen atoms in total. The summed E-state index contributed by atoms with van der Waals surface area (Å²) in [7, 11) is 1.47. The van der Waals surface area contributed by atoms with Crippen molar-refractivity contribution in [2.75, 3.05) is 30.6 Å².